The molecule has 0 aliphatic rings. The Labute approximate surface area is 130 Å². The largest absolute Gasteiger partial charge is 0.464 e. The monoisotopic (exact) mass is 311 g/mol. The Bertz CT molecular complexity index is 417. The fourth-order valence-electron chi connectivity index (χ4n) is 1.93. The lowest BCUT2D eigenvalue weighted by molar-refractivity contribution is -0.147. The first-order valence-electron chi connectivity index (χ1n) is 7.62. The van der Waals surface area contributed by atoms with Crippen LogP contribution in [0.1, 0.15) is 50.8 Å². The van der Waals surface area contributed by atoms with Crippen molar-refractivity contribution in [2.24, 2.45) is 0 Å². The first-order chi connectivity index (χ1) is 10.1. The second kappa shape index (κ2) is 10.4. The summed E-state index contributed by atoms with van der Waals surface area (Å²) >= 11 is 1.53. The van der Waals surface area contributed by atoms with Gasteiger partial charge in [-0.3, -0.25) is 4.79 Å². The summed E-state index contributed by atoms with van der Waals surface area (Å²) in [5, 5.41) is 4.60. The fourth-order valence-corrected chi connectivity index (χ4v) is 2.63. The highest BCUT2D eigenvalue weighted by atomic mass is 32.1. The Morgan fingerprint density at radius 2 is 2.05 bits per heavy atom. The molecular weight excluding hydrogens is 286 g/mol. The molecule has 1 amide bonds. The van der Waals surface area contributed by atoms with E-state index in [1.54, 1.807) is 6.92 Å². The summed E-state index contributed by atoms with van der Waals surface area (Å²) < 4.78 is 5.17. The molecule has 0 spiro atoms. The van der Waals surface area contributed by atoms with Gasteiger partial charge in [-0.1, -0.05) is 38.7 Å². The van der Waals surface area contributed by atoms with Crippen LogP contribution in [0.2, 0.25) is 0 Å². The van der Waals surface area contributed by atoms with Crippen molar-refractivity contribution >= 4 is 23.2 Å². The van der Waals surface area contributed by atoms with E-state index in [0.29, 0.717) is 13.0 Å². The second-order valence-corrected chi connectivity index (χ2v) is 6.16. The molecule has 0 unspecified atom stereocenters. The Kier molecular flexibility index (Phi) is 8.74. The van der Waals surface area contributed by atoms with Gasteiger partial charge < -0.3 is 10.1 Å². The van der Waals surface area contributed by atoms with Gasteiger partial charge in [0.15, 0.2) is 0 Å². The van der Waals surface area contributed by atoms with Crippen LogP contribution >= 0.6 is 11.3 Å². The van der Waals surface area contributed by atoms with Crippen molar-refractivity contribution in [3.8, 4) is 0 Å². The Morgan fingerprint density at radius 1 is 1.29 bits per heavy atom. The number of esters is 1. The summed E-state index contributed by atoms with van der Waals surface area (Å²) in [5.41, 5.74) is 0. The molecular formula is C16H25NO3S. The summed E-state index contributed by atoms with van der Waals surface area (Å²) in [5.74, 6) is -0.505. The van der Waals surface area contributed by atoms with Crippen molar-refractivity contribution in [2.45, 2.75) is 58.4 Å². The zero-order valence-corrected chi connectivity index (χ0v) is 13.7. The van der Waals surface area contributed by atoms with Gasteiger partial charge in [0.25, 0.3) is 0 Å². The molecule has 1 rings (SSSR count). The Hall–Kier alpha value is -1.36. The molecule has 1 aromatic heterocycles. The van der Waals surface area contributed by atoms with Gasteiger partial charge in [0, 0.05) is 4.88 Å². The molecule has 0 aliphatic heterocycles. The minimum absolute atomic E-state index is 0.148. The number of carbonyl (C=O) groups excluding carboxylic acids is 2. The molecule has 0 radical (unpaired) electrons. The molecule has 0 aromatic carbocycles. The van der Waals surface area contributed by atoms with Crippen LogP contribution in [0.4, 0.5) is 0 Å². The van der Waals surface area contributed by atoms with Gasteiger partial charge >= 0.3 is 5.97 Å². The van der Waals surface area contributed by atoms with Crippen molar-refractivity contribution in [2.75, 3.05) is 6.61 Å². The standard InChI is InChI=1S/C16H25NO3S/c1-3-4-5-6-7-10-20-16(19)13(2)17-15(18)12-14-9-8-11-21-14/h8-9,11,13H,3-7,10,12H2,1-2H3,(H,17,18)/t13-/m0/s1. The van der Waals surface area contributed by atoms with Crippen LogP contribution in [0.3, 0.4) is 0 Å². The first-order valence-corrected chi connectivity index (χ1v) is 8.49. The van der Waals surface area contributed by atoms with Crippen LogP contribution in [0, 0.1) is 0 Å². The molecule has 0 saturated carbocycles. The first kappa shape index (κ1) is 17.7. The van der Waals surface area contributed by atoms with E-state index >= 15 is 0 Å². The number of hydrogen-bond acceptors (Lipinski definition) is 4. The molecule has 1 atom stereocenters. The molecule has 0 aliphatic carbocycles. The number of thiophene rings is 1. The Balaban J connectivity index is 2.14. The maximum absolute atomic E-state index is 11.8. The van der Waals surface area contributed by atoms with E-state index in [1.807, 2.05) is 17.5 Å². The van der Waals surface area contributed by atoms with Crippen LogP contribution in [0.5, 0.6) is 0 Å². The molecule has 1 aromatic rings. The number of ether oxygens (including phenoxy) is 1. The average Bonchev–Trinajstić information content (AvgIpc) is 2.95. The number of nitrogens with one attached hydrogen (secondary N) is 1. The van der Waals surface area contributed by atoms with Gasteiger partial charge in [-0.15, -0.1) is 11.3 Å². The van der Waals surface area contributed by atoms with Crippen molar-refractivity contribution in [3.05, 3.63) is 22.4 Å². The molecule has 21 heavy (non-hydrogen) atoms. The summed E-state index contributed by atoms with van der Waals surface area (Å²) in [6, 6.07) is 3.22. The zero-order valence-electron chi connectivity index (χ0n) is 12.9. The van der Waals surface area contributed by atoms with E-state index in [2.05, 4.69) is 12.2 Å². The fraction of sp³-hybridized carbons (Fsp3) is 0.625. The van der Waals surface area contributed by atoms with Crippen LogP contribution in [0.15, 0.2) is 17.5 Å². The highest BCUT2D eigenvalue weighted by molar-refractivity contribution is 7.10. The number of carbonyl (C=O) groups is 2. The maximum atomic E-state index is 11.8. The average molecular weight is 311 g/mol. The zero-order chi connectivity index (χ0) is 15.5. The van der Waals surface area contributed by atoms with Crippen molar-refractivity contribution in [1.82, 2.24) is 5.32 Å². The molecule has 5 heteroatoms. The van der Waals surface area contributed by atoms with E-state index in [4.69, 9.17) is 4.74 Å². The van der Waals surface area contributed by atoms with E-state index < -0.39 is 6.04 Å². The third-order valence-electron chi connectivity index (χ3n) is 3.14. The number of amides is 1. The smallest absolute Gasteiger partial charge is 0.328 e. The quantitative estimate of drug-likeness (QED) is 0.533. The molecule has 1 heterocycles. The van der Waals surface area contributed by atoms with Crippen LogP contribution in [-0.2, 0) is 20.7 Å². The molecule has 0 bridgehead atoms. The van der Waals surface area contributed by atoms with Gasteiger partial charge in [-0.25, -0.2) is 4.79 Å². The van der Waals surface area contributed by atoms with E-state index in [-0.39, 0.29) is 11.9 Å². The van der Waals surface area contributed by atoms with Gasteiger partial charge in [0.2, 0.25) is 5.91 Å². The third kappa shape index (κ3) is 7.85. The topological polar surface area (TPSA) is 55.4 Å². The Morgan fingerprint density at radius 3 is 2.71 bits per heavy atom. The predicted molar refractivity (Wildman–Crippen MR) is 85.3 cm³/mol. The lowest BCUT2D eigenvalue weighted by Crippen LogP contribution is -2.40. The highest BCUT2D eigenvalue weighted by Gasteiger charge is 2.17. The predicted octanol–water partition coefficient (Wildman–Crippen LogP) is 3.31. The van der Waals surface area contributed by atoms with Crippen LogP contribution < -0.4 is 5.32 Å². The number of hydrogen-bond donors (Lipinski definition) is 1. The maximum Gasteiger partial charge on any atom is 0.328 e. The van der Waals surface area contributed by atoms with Gasteiger partial charge in [0.1, 0.15) is 6.04 Å². The normalized spacial score (nSPS) is 11.9. The summed E-state index contributed by atoms with van der Waals surface area (Å²) in [4.78, 5) is 24.5. The summed E-state index contributed by atoms with van der Waals surface area (Å²) in [6.07, 6.45) is 5.89. The van der Waals surface area contributed by atoms with Gasteiger partial charge in [0.05, 0.1) is 13.0 Å². The molecule has 0 fully saturated rings. The number of unbranched alkanes of at least 4 members (excludes halogenated alkanes) is 4. The van der Waals surface area contributed by atoms with Crippen LogP contribution in [-0.4, -0.2) is 24.5 Å². The molecule has 118 valence electrons. The second-order valence-electron chi connectivity index (χ2n) is 5.13. The molecule has 0 saturated heterocycles. The lowest BCUT2D eigenvalue weighted by Gasteiger charge is -2.13. The van der Waals surface area contributed by atoms with Crippen molar-refractivity contribution < 1.29 is 14.3 Å². The molecule has 4 nitrogen and oxygen atoms in total. The van der Waals surface area contributed by atoms with Crippen molar-refractivity contribution in [1.29, 1.82) is 0 Å². The summed E-state index contributed by atoms with van der Waals surface area (Å²) in [7, 11) is 0. The van der Waals surface area contributed by atoms with E-state index in [1.165, 1.54) is 30.6 Å². The van der Waals surface area contributed by atoms with E-state index in [9.17, 15) is 9.59 Å². The number of rotatable bonds is 10. The van der Waals surface area contributed by atoms with Gasteiger partial charge in [-0.2, -0.15) is 0 Å². The lowest BCUT2D eigenvalue weighted by atomic mass is 10.2. The minimum Gasteiger partial charge on any atom is -0.464 e. The van der Waals surface area contributed by atoms with Crippen LogP contribution in [0.25, 0.3) is 0 Å². The van der Waals surface area contributed by atoms with Crippen molar-refractivity contribution in [3.63, 3.8) is 0 Å². The van der Waals surface area contributed by atoms with Gasteiger partial charge in [-0.05, 0) is 24.8 Å². The summed E-state index contributed by atoms with van der Waals surface area (Å²) in [6.45, 7) is 4.26. The SMILES string of the molecule is CCCCCCCOC(=O)[C@H](C)NC(=O)Cc1cccs1. The minimum atomic E-state index is -0.590. The third-order valence-corrected chi connectivity index (χ3v) is 4.01. The van der Waals surface area contributed by atoms with E-state index in [0.717, 1.165) is 17.7 Å². The highest BCUT2D eigenvalue weighted by Crippen LogP contribution is 2.09. The molecule has 1 N–H and O–H groups in total.